The van der Waals surface area contributed by atoms with Gasteiger partial charge in [-0.25, -0.2) is 0 Å². The molecule has 0 spiro atoms. The van der Waals surface area contributed by atoms with Crippen LogP contribution in [0.4, 0.5) is 0 Å². The lowest BCUT2D eigenvalue weighted by Gasteiger charge is -2.37. The van der Waals surface area contributed by atoms with Crippen LogP contribution in [0, 0.1) is 17.3 Å². The summed E-state index contributed by atoms with van der Waals surface area (Å²) in [6.45, 7) is 4.63. The number of carboxylic acid groups (broad SMARTS) is 1. The minimum Gasteiger partial charge on any atom is -0.481 e. The molecule has 4 N–H and O–H groups in total. The van der Waals surface area contributed by atoms with Gasteiger partial charge in [-0.3, -0.25) is 9.59 Å². The topological polar surface area (TPSA) is 92.4 Å². The summed E-state index contributed by atoms with van der Waals surface area (Å²) in [5.74, 6) is -0.589. The van der Waals surface area contributed by atoms with Crippen molar-refractivity contribution in [2.45, 2.75) is 46.0 Å². The number of nitrogens with one attached hydrogen (secondary N) is 1. The second kappa shape index (κ2) is 6.89. The summed E-state index contributed by atoms with van der Waals surface area (Å²) in [6.07, 6.45) is 4.21. The monoisotopic (exact) mass is 270 g/mol. The zero-order valence-corrected chi connectivity index (χ0v) is 11.9. The van der Waals surface area contributed by atoms with E-state index in [0.717, 1.165) is 25.7 Å². The Bertz CT molecular complexity index is 323. The molecule has 1 atom stereocenters. The van der Waals surface area contributed by atoms with Crippen LogP contribution in [-0.4, -0.2) is 30.1 Å². The molecule has 1 rings (SSSR count). The van der Waals surface area contributed by atoms with Gasteiger partial charge in [0, 0.05) is 13.1 Å². The van der Waals surface area contributed by atoms with Crippen molar-refractivity contribution >= 4 is 11.9 Å². The number of carbonyl (C=O) groups excluding carboxylic acids is 1. The minimum atomic E-state index is -0.825. The third-order valence-electron chi connectivity index (χ3n) is 4.39. The van der Waals surface area contributed by atoms with Gasteiger partial charge in [-0.1, -0.05) is 13.8 Å². The molecule has 19 heavy (non-hydrogen) atoms. The van der Waals surface area contributed by atoms with Crippen LogP contribution in [0.5, 0.6) is 0 Å². The first-order valence-corrected chi connectivity index (χ1v) is 7.12. The number of nitrogens with two attached hydrogens (primary N) is 1. The first kappa shape index (κ1) is 16.0. The Labute approximate surface area is 114 Å². The summed E-state index contributed by atoms with van der Waals surface area (Å²) in [5, 5.41) is 11.7. The van der Waals surface area contributed by atoms with Gasteiger partial charge in [-0.15, -0.1) is 0 Å². The molecule has 1 saturated carbocycles. The molecule has 0 aliphatic heterocycles. The van der Waals surface area contributed by atoms with Crippen LogP contribution in [0.2, 0.25) is 0 Å². The number of amides is 1. The molecule has 5 nitrogen and oxygen atoms in total. The molecule has 0 aromatic heterocycles. The molecule has 1 unspecified atom stereocenters. The van der Waals surface area contributed by atoms with Crippen molar-refractivity contribution in [3.63, 3.8) is 0 Å². The molecule has 1 aliphatic carbocycles. The zero-order chi connectivity index (χ0) is 14.5. The highest BCUT2D eigenvalue weighted by molar-refractivity contribution is 5.83. The van der Waals surface area contributed by atoms with Crippen molar-refractivity contribution < 1.29 is 14.7 Å². The van der Waals surface area contributed by atoms with Gasteiger partial charge < -0.3 is 16.2 Å². The summed E-state index contributed by atoms with van der Waals surface area (Å²) < 4.78 is 0. The van der Waals surface area contributed by atoms with Gasteiger partial charge >= 0.3 is 5.97 Å². The molecule has 0 saturated heterocycles. The molecular formula is C14H26N2O3. The number of hydrogen-bond acceptors (Lipinski definition) is 3. The van der Waals surface area contributed by atoms with Gasteiger partial charge in [0.2, 0.25) is 5.91 Å². The molecule has 0 bridgehead atoms. The quantitative estimate of drug-likeness (QED) is 0.679. The third-order valence-corrected chi connectivity index (χ3v) is 4.39. The van der Waals surface area contributed by atoms with Crippen LogP contribution in [0.25, 0.3) is 0 Å². The van der Waals surface area contributed by atoms with E-state index in [2.05, 4.69) is 12.2 Å². The second-order valence-corrected chi connectivity index (χ2v) is 5.95. The lowest BCUT2D eigenvalue weighted by Crippen LogP contribution is -2.48. The van der Waals surface area contributed by atoms with Crippen molar-refractivity contribution in [1.82, 2.24) is 5.32 Å². The van der Waals surface area contributed by atoms with Gasteiger partial charge in [-0.05, 0) is 38.0 Å². The minimum absolute atomic E-state index is 0.000473. The Balaban J connectivity index is 2.44. The van der Waals surface area contributed by atoms with Gasteiger partial charge in [0.05, 0.1) is 11.3 Å². The molecule has 1 aliphatic rings. The average Bonchev–Trinajstić information content (AvgIpc) is 2.39. The standard InChI is InChI=1S/C14H26N2O3/c1-10-3-6-14(9-15,7-4-10)13(19)16-8-5-11(2)12(17)18/h10-11H,3-9,15H2,1-2H3,(H,16,19)(H,17,18). The molecule has 0 aromatic rings. The summed E-state index contributed by atoms with van der Waals surface area (Å²) in [7, 11) is 0. The Hall–Kier alpha value is -1.10. The van der Waals surface area contributed by atoms with Crippen molar-refractivity contribution in [3.05, 3.63) is 0 Å². The fourth-order valence-corrected chi connectivity index (χ4v) is 2.55. The molecule has 110 valence electrons. The largest absolute Gasteiger partial charge is 0.481 e. The number of rotatable bonds is 6. The summed E-state index contributed by atoms with van der Waals surface area (Å²) in [5.41, 5.74) is 5.38. The van der Waals surface area contributed by atoms with E-state index >= 15 is 0 Å². The maximum Gasteiger partial charge on any atom is 0.306 e. The van der Waals surface area contributed by atoms with Crippen LogP contribution in [0.15, 0.2) is 0 Å². The second-order valence-electron chi connectivity index (χ2n) is 5.95. The van der Waals surface area contributed by atoms with E-state index in [4.69, 9.17) is 10.8 Å². The first-order valence-electron chi connectivity index (χ1n) is 7.12. The molecule has 5 heteroatoms. The van der Waals surface area contributed by atoms with Crippen LogP contribution < -0.4 is 11.1 Å². The van der Waals surface area contributed by atoms with E-state index in [1.165, 1.54) is 0 Å². The molecule has 1 fully saturated rings. The number of carboxylic acids is 1. The van der Waals surface area contributed by atoms with Gasteiger partial charge in [0.25, 0.3) is 0 Å². The Morgan fingerprint density at radius 1 is 1.42 bits per heavy atom. The molecule has 0 aromatic carbocycles. The maximum absolute atomic E-state index is 12.3. The number of hydrogen-bond donors (Lipinski definition) is 3. The highest BCUT2D eigenvalue weighted by Gasteiger charge is 2.39. The van der Waals surface area contributed by atoms with E-state index in [1.54, 1.807) is 6.92 Å². The first-order chi connectivity index (χ1) is 8.91. The van der Waals surface area contributed by atoms with Crippen LogP contribution in [-0.2, 0) is 9.59 Å². The lowest BCUT2D eigenvalue weighted by atomic mass is 9.70. The average molecular weight is 270 g/mol. The Kier molecular flexibility index (Phi) is 5.79. The lowest BCUT2D eigenvalue weighted by molar-refractivity contribution is -0.141. The van der Waals surface area contributed by atoms with E-state index in [9.17, 15) is 9.59 Å². The van der Waals surface area contributed by atoms with Gasteiger partial charge in [0.15, 0.2) is 0 Å². The highest BCUT2D eigenvalue weighted by Crippen LogP contribution is 2.38. The number of carbonyl (C=O) groups is 2. The number of aliphatic carboxylic acids is 1. The van der Waals surface area contributed by atoms with E-state index in [-0.39, 0.29) is 5.91 Å². The molecule has 0 radical (unpaired) electrons. The van der Waals surface area contributed by atoms with Crippen molar-refractivity contribution in [2.75, 3.05) is 13.1 Å². The van der Waals surface area contributed by atoms with Gasteiger partial charge in [-0.2, -0.15) is 0 Å². The predicted molar refractivity (Wildman–Crippen MR) is 73.5 cm³/mol. The SMILES string of the molecule is CC1CCC(CN)(C(=O)NCCC(C)C(=O)O)CC1. The predicted octanol–water partition coefficient (Wildman–Crippen LogP) is 1.37. The van der Waals surface area contributed by atoms with E-state index in [0.29, 0.717) is 25.4 Å². The van der Waals surface area contributed by atoms with Crippen molar-refractivity contribution in [2.24, 2.45) is 23.0 Å². The summed E-state index contributed by atoms with van der Waals surface area (Å²) in [6, 6.07) is 0. The normalized spacial score (nSPS) is 28.7. The van der Waals surface area contributed by atoms with Gasteiger partial charge in [0.1, 0.15) is 0 Å². The molecule has 0 heterocycles. The summed E-state index contributed by atoms with van der Waals surface area (Å²) in [4.78, 5) is 23.0. The summed E-state index contributed by atoms with van der Waals surface area (Å²) >= 11 is 0. The van der Waals surface area contributed by atoms with Crippen LogP contribution >= 0.6 is 0 Å². The Morgan fingerprint density at radius 3 is 2.47 bits per heavy atom. The molecule has 1 amide bonds. The van der Waals surface area contributed by atoms with E-state index in [1.807, 2.05) is 0 Å². The fourth-order valence-electron chi connectivity index (χ4n) is 2.55. The fraction of sp³-hybridized carbons (Fsp3) is 0.857. The van der Waals surface area contributed by atoms with Crippen molar-refractivity contribution in [3.8, 4) is 0 Å². The van der Waals surface area contributed by atoms with Crippen molar-refractivity contribution in [1.29, 1.82) is 0 Å². The third kappa shape index (κ3) is 4.20. The van der Waals surface area contributed by atoms with Crippen LogP contribution in [0.3, 0.4) is 0 Å². The van der Waals surface area contributed by atoms with Crippen LogP contribution in [0.1, 0.15) is 46.0 Å². The van der Waals surface area contributed by atoms with E-state index < -0.39 is 17.3 Å². The zero-order valence-electron chi connectivity index (χ0n) is 11.9. The smallest absolute Gasteiger partial charge is 0.306 e. The maximum atomic E-state index is 12.3. The molecular weight excluding hydrogens is 244 g/mol. The highest BCUT2D eigenvalue weighted by atomic mass is 16.4. The Morgan fingerprint density at radius 2 is 2.00 bits per heavy atom.